The Bertz CT molecular complexity index is 1030. The van der Waals surface area contributed by atoms with E-state index in [1.165, 1.54) is 0 Å². The number of carbonyl (C=O) groups is 1. The highest BCUT2D eigenvalue weighted by Gasteiger charge is 2.14. The number of carbonyl (C=O) groups excluding carboxylic acids is 1. The summed E-state index contributed by atoms with van der Waals surface area (Å²) < 4.78 is 2.14. The molecule has 0 bridgehead atoms. The summed E-state index contributed by atoms with van der Waals surface area (Å²) >= 11 is 0. The van der Waals surface area contributed by atoms with Crippen molar-refractivity contribution in [3.63, 3.8) is 0 Å². The SMILES string of the molecule is Cc1c(N)cccc1-c1cn(CCCCC(=O)NO)c2ccc(C#N)cc12. The van der Waals surface area contributed by atoms with Crippen LogP contribution in [0.5, 0.6) is 0 Å². The summed E-state index contributed by atoms with van der Waals surface area (Å²) in [6.07, 6.45) is 3.84. The van der Waals surface area contributed by atoms with Gasteiger partial charge in [-0.05, 0) is 55.2 Å². The molecule has 0 atom stereocenters. The highest BCUT2D eigenvalue weighted by atomic mass is 16.5. The van der Waals surface area contributed by atoms with Crippen molar-refractivity contribution in [3.8, 4) is 17.2 Å². The van der Waals surface area contributed by atoms with Crippen LogP contribution < -0.4 is 11.2 Å². The molecule has 0 unspecified atom stereocenters. The molecule has 0 fully saturated rings. The Kier molecular flexibility index (Phi) is 5.43. The smallest absolute Gasteiger partial charge is 0.243 e. The fourth-order valence-corrected chi connectivity index (χ4v) is 3.34. The lowest BCUT2D eigenvalue weighted by Crippen LogP contribution is -2.17. The Morgan fingerprint density at radius 1 is 1.26 bits per heavy atom. The summed E-state index contributed by atoms with van der Waals surface area (Å²) in [4.78, 5) is 11.2. The molecule has 6 nitrogen and oxygen atoms in total. The number of hydrogen-bond acceptors (Lipinski definition) is 4. The molecule has 0 saturated carbocycles. The van der Waals surface area contributed by atoms with Crippen molar-refractivity contribution in [2.45, 2.75) is 32.7 Å². The third-order valence-electron chi connectivity index (χ3n) is 4.85. The molecule has 2 aromatic carbocycles. The van der Waals surface area contributed by atoms with Crippen LogP contribution in [-0.2, 0) is 11.3 Å². The number of hydroxylamine groups is 1. The zero-order chi connectivity index (χ0) is 19.4. The summed E-state index contributed by atoms with van der Waals surface area (Å²) in [5.74, 6) is -0.373. The van der Waals surface area contributed by atoms with Crippen LogP contribution in [0.4, 0.5) is 5.69 Å². The van der Waals surface area contributed by atoms with E-state index in [4.69, 9.17) is 10.9 Å². The normalized spacial score (nSPS) is 10.7. The number of aryl methyl sites for hydroxylation is 1. The lowest BCUT2D eigenvalue weighted by Gasteiger charge is -2.07. The van der Waals surface area contributed by atoms with Crippen LogP contribution in [-0.4, -0.2) is 15.7 Å². The number of anilines is 1. The summed E-state index contributed by atoms with van der Waals surface area (Å²) in [7, 11) is 0. The van der Waals surface area contributed by atoms with Crippen LogP contribution in [0.1, 0.15) is 30.4 Å². The van der Waals surface area contributed by atoms with Gasteiger partial charge in [0.1, 0.15) is 0 Å². The minimum Gasteiger partial charge on any atom is -0.398 e. The molecule has 0 radical (unpaired) electrons. The van der Waals surface area contributed by atoms with E-state index in [2.05, 4.69) is 16.8 Å². The van der Waals surface area contributed by atoms with Gasteiger partial charge in [-0.1, -0.05) is 12.1 Å². The second-order valence-corrected chi connectivity index (χ2v) is 6.59. The second kappa shape index (κ2) is 7.94. The first-order valence-corrected chi connectivity index (χ1v) is 8.86. The fraction of sp³-hybridized carbons (Fsp3) is 0.238. The monoisotopic (exact) mass is 362 g/mol. The number of unbranched alkanes of at least 4 members (excludes halogenated alkanes) is 1. The number of nitriles is 1. The summed E-state index contributed by atoms with van der Waals surface area (Å²) in [6, 6.07) is 13.7. The van der Waals surface area contributed by atoms with Crippen LogP contribution >= 0.6 is 0 Å². The molecule has 0 aliphatic heterocycles. The first kappa shape index (κ1) is 18.5. The summed E-state index contributed by atoms with van der Waals surface area (Å²) in [6.45, 7) is 2.73. The first-order valence-electron chi connectivity index (χ1n) is 8.86. The van der Waals surface area contributed by atoms with Gasteiger partial charge in [-0.2, -0.15) is 5.26 Å². The van der Waals surface area contributed by atoms with E-state index in [-0.39, 0.29) is 12.3 Å². The summed E-state index contributed by atoms with van der Waals surface area (Å²) in [5.41, 5.74) is 13.2. The van der Waals surface area contributed by atoms with E-state index in [9.17, 15) is 10.1 Å². The molecule has 27 heavy (non-hydrogen) atoms. The van der Waals surface area contributed by atoms with Crippen LogP contribution in [0.25, 0.3) is 22.0 Å². The zero-order valence-corrected chi connectivity index (χ0v) is 15.2. The number of nitrogens with one attached hydrogen (secondary N) is 1. The maximum Gasteiger partial charge on any atom is 0.243 e. The standard InChI is InChI=1S/C21H22N4O2/c1-14-16(5-4-6-19(14)23)18-13-25(10-3-2-7-21(26)24-27)20-9-8-15(12-22)11-17(18)20/h4-6,8-9,11,13,27H,2-3,7,10,23H2,1H3,(H,24,26). The minimum absolute atomic E-state index is 0.287. The molecule has 4 N–H and O–H groups in total. The Morgan fingerprint density at radius 2 is 2.07 bits per heavy atom. The average Bonchev–Trinajstić information content (AvgIpc) is 3.04. The number of nitrogens with two attached hydrogens (primary N) is 1. The van der Waals surface area contributed by atoms with Crippen molar-refractivity contribution in [2.75, 3.05) is 5.73 Å². The third kappa shape index (κ3) is 3.78. The molecule has 0 aliphatic carbocycles. The van der Waals surface area contributed by atoms with E-state index < -0.39 is 0 Å². The Morgan fingerprint density at radius 3 is 2.81 bits per heavy atom. The number of rotatable bonds is 6. The van der Waals surface area contributed by atoms with E-state index in [1.54, 1.807) is 5.48 Å². The van der Waals surface area contributed by atoms with Gasteiger partial charge in [0.25, 0.3) is 0 Å². The lowest BCUT2D eigenvalue weighted by molar-refractivity contribution is -0.129. The molecule has 0 saturated heterocycles. The number of hydrogen-bond donors (Lipinski definition) is 3. The Balaban J connectivity index is 1.99. The van der Waals surface area contributed by atoms with E-state index in [0.29, 0.717) is 12.0 Å². The van der Waals surface area contributed by atoms with Crippen LogP contribution in [0.3, 0.4) is 0 Å². The van der Waals surface area contributed by atoms with E-state index >= 15 is 0 Å². The number of amides is 1. The highest BCUT2D eigenvalue weighted by molar-refractivity contribution is 5.98. The average molecular weight is 362 g/mol. The minimum atomic E-state index is -0.373. The highest BCUT2D eigenvalue weighted by Crippen LogP contribution is 2.35. The molecular weight excluding hydrogens is 340 g/mol. The van der Waals surface area contributed by atoms with E-state index in [0.717, 1.165) is 46.2 Å². The second-order valence-electron chi connectivity index (χ2n) is 6.59. The van der Waals surface area contributed by atoms with Gasteiger partial charge < -0.3 is 10.3 Å². The van der Waals surface area contributed by atoms with Crippen molar-refractivity contribution in [3.05, 3.63) is 53.7 Å². The van der Waals surface area contributed by atoms with Gasteiger partial charge in [-0.3, -0.25) is 10.0 Å². The lowest BCUT2D eigenvalue weighted by atomic mass is 9.98. The Hall–Kier alpha value is -3.30. The van der Waals surface area contributed by atoms with Crippen molar-refractivity contribution in [1.82, 2.24) is 10.0 Å². The number of benzene rings is 2. The van der Waals surface area contributed by atoms with Crippen LogP contribution in [0, 0.1) is 18.3 Å². The maximum absolute atomic E-state index is 11.2. The van der Waals surface area contributed by atoms with Gasteiger partial charge in [-0.25, -0.2) is 5.48 Å². The summed E-state index contributed by atoms with van der Waals surface area (Å²) in [5, 5.41) is 18.9. The molecule has 6 heteroatoms. The van der Waals surface area contributed by atoms with Crippen LogP contribution in [0.15, 0.2) is 42.6 Å². The maximum atomic E-state index is 11.2. The van der Waals surface area contributed by atoms with Gasteiger partial charge >= 0.3 is 0 Å². The number of aromatic nitrogens is 1. The van der Waals surface area contributed by atoms with E-state index in [1.807, 2.05) is 43.3 Å². The predicted octanol–water partition coefficient (Wildman–Crippen LogP) is 3.75. The van der Waals surface area contributed by atoms with Gasteiger partial charge in [0.15, 0.2) is 0 Å². The molecule has 138 valence electrons. The first-order chi connectivity index (χ1) is 13.0. The predicted molar refractivity (Wildman–Crippen MR) is 105 cm³/mol. The van der Waals surface area contributed by atoms with Gasteiger partial charge in [0.2, 0.25) is 5.91 Å². The molecule has 1 aromatic heterocycles. The number of nitrogens with zero attached hydrogens (tertiary/aromatic N) is 2. The molecule has 1 heterocycles. The zero-order valence-electron chi connectivity index (χ0n) is 15.2. The van der Waals surface area contributed by atoms with Gasteiger partial charge in [0.05, 0.1) is 11.6 Å². The van der Waals surface area contributed by atoms with Crippen LogP contribution in [0.2, 0.25) is 0 Å². The topological polar surface area (TPSA) is 104 Å². The fourth-order valence-electron chi connectivity index (χ4n) is 3.34. The van der Waals surface area contributed by atoms with Crippen molar-refractivity contribution < 1.29 is 10.0 Å². The Labute approximate surface area is 157 Å². The molecular formula is C21H22N4O2. The van der Waals surface area contributed by atoms with Crippen molar-refractivity contribution >= 4 is 22.5 Å². The third-order valence-corrected chi connectivity index (χ3v) is 4.85. The van der Waals surface area contributed by atoms with Gasteiger partial charge in [-0.15, -0.1) is 0 Å². The molecule has 3 rings (SSSR count). The molecule has 0 aliphatic rings. The molecule has 0 spiro atoms. The van der Waals surface area contributed by atoms with Crippen molar-refractivity contribution in [1.29, 1.82) is 5.26 Å². The number of fused-ring (bicyclic) bond motifs is 1. The van der Waals surface area contributed by atoms with Gasteiger partial charge in [0, 0.05) is 41.3 Å². The molecule has 3 aromatic rings. The quantitative estimate of drug-likeness (QED) is 0.269. The number of nitrogen functional groups attached to an aromatic ring is 1. The molecule has 1 amide bonds. The largest absolute Gasteiger partial charge is 0.398 e. The van der Waals surface area contributed by atoms with Crippen molar-refractivity contribution in [2.24, 2.45) is 0 Å².